The second-order valence-electron chi connectivity index (χ2n) is 5.20. The van der Waals surface area contributed by atoms with E-state index in [-0.39, 0.29) is 5.56 Å². The van der Waals surface area contributed by atoms with E-state index in [9.17, 15) is 4.79 Å². The van der Waals surface area contributed by atoms with Gasteiger partial charge >= 0.3 is 0 Å². The molecule has 1 fully saturated rings. The van der Waals surface area contributed by atoms with Gasteiger partial charge in [-0.15, -0.1) is 0 Å². The lowest BCUT2D eigenvalue weighted by atomic mass is 10.3. The molecule has 1 aromatic heterocycles. The highest BCUT2D eigenvalue weighted by molar-refractivity contribution is 9.10. The number of halogens is 1. The number of anilines is 1. The number of nitrogens with one attached hydrogen (secondary N) is 1. The van der Waals surface area contributed by atoms with Gasteiger partial charge in [0, 0.05) is 19.7 Å². The molecule has 5 nitrogen and oxygen atoms in total. The third-order valence-electron chi connectivity index (χ3n) is 3.32. The lowest BCUT2D eigenvalue weighted by molar-refractivity contribution is 0.134. The van der Waals surface area contributed by atoms with Crippen LogP contribution in [0.4, 0.5) is 5.69 Å². The number of aromatic nitrogens is 2. The molecule has 0 aliphatic heterocycles. The van der Waals surface area contributed by atoms with Crippen LogP contribution in [0, 0.1) is 5.92 Å². The van der Waals surface area contributed by atoms with Crippen LogP contribution in [-0.2, 0) is 11.3 Å². The Hall–Kier alpha value is -0.880. The Bertz CT molecular complexity index is 486. The van der Waals surface area contributed by atoms with Crippen molar-refractivity contribution in [2.24, 2.45) is 5.92 Å². The molecule has 1 heterocycles. The van der Waals surface area contributed by atoms with E-state index < -0.39 is 0 Å². The van der Waals surface area contributed by atoms with Gasteiger partial charge in [-0.2, -0.15) is 5.10 Å². The van der Waals surface area contributed by atoms with Gasteiger partial charge in [0.25, 0.3) is 5.56 Å². The van der Waals surface area contributed by atoms with Gasteiger partial charge in [0.15, 0.2) is 0 Å². The van der Waals surface area contributed by atoms with E-state index in [1.165, 1.54) is 17.5 Å². The third-order valence-corrected chi connectivity index (χ3v) is 4.09. The van der Waals surface area contributed by atoms with E-state index in [1.807, 2.05) is 0 Å². The minimum Gasteiger partial charge on any atom is -0.380 e. The quantitative estimate of drug-likeness (QED) is 0.700. The van der Waals surface area contributed by atoms with Crippen LogP contribution < -0.4 is 10.9 Å². The monoisotopic (exact) mass is 343 g/mol. The van der Waals surface area contributed by atoms with Crippen LogP contribution in [0.25, 0.3) is 0 Å². The maximum Gasteiger partial charge on any atom is 0.283 e. The zero-order valence-electron chi connectivity index (χ0n) is 11.9. The van der Waals surface area contributed by atoms with Gasteiger partial charge in [-0.1, -0.05) is 13.3 Å². The molecular formula is C14H22BrN3O2. The fourth-order valence-corrected chi connectivity index (χ4v) is 2.30. The first-order valence-electron chi connectivity index (χ1n) is 7.29. The molecule has 1 saturated carbocycles. The maximum absolute atomic E-state index is 12.1. The zero-order chi connectivity index (χ0) is 14.4. The number of hydrogen-bond acceptors (Lipinski definition) is 4. The number of unbranched alkanes of at least 4 members (excludes halogenated alkanes) is 1. The highest BCUT2D eigenvalue weighted by atomic mass is 79.9. The molecule has 0 atom stereocenters. The molecule has 0 bridgehead atoms. The summed E-state index contributed by atoms with van der Waals surface area (Å²) >= 11 is 3.35. The summed E-state index contributed by atoms with van der Waals surface area (Å²) in [5.74, 6) is 0.783. The van der Waals surface area contributed by atoms with E-state index in [0.29, 0.717) is 24.2 Å². The molecule has 1 aliphatic carbocycles. The second-order valence-corrected chi connectivity index (χ2v) is 5.99. The van der Waals surface area contributed by atoms with Gasteiger partial charge in [-0.25, -0.2) is 4.68 Å². The number of aryl methyl sites for hydroxylation is 1. The fraction of sp³-hybridized carbons (Fsp3) is 0.714. The average Bonchev–Trinajstić information content (AvgIpc) is 3.26. The molecule has 0 amide bonds. The van der Waals surface area contributed by atoms with E-state index in [2.05, 4.69) is 33.3 Å². The Kier molecular flexibility index (Phi) is 6.04. The van der Waals surface area contributed by atoms with Crippen LogP contribution in [-0.4, -0.2) is 29.5 Å². The first kappa shape index (κ1) is 15.5. The Morgan fingerprint density at radius 1 is 1.55 bits per heavy atom. The lowest BCUT2D eigenvalue weighted by Gasteiger charge is -2.10. The van der Waals surface area contributed by atoms with Crippen LogP contribution in [0.15, 0.2) is 15.5 Å². The Morgan fingerprint density at radius 2 is 2.35 bits per heavy atom. The van der Waals surface area contributed by atoms with Crippen molar-refractivity contribution >= 4 is 21.6 Å². The predicted octanol–water partition coefficient (Wildman–Crippen LogP) is 2.64. The Balaban J connectivity index is 1.81. The molecule has 1 aliphatic rings. The Labute approximate surface area is 127 Å². The molecule has 0 saturated heterocycles. The standard InChI is InChI=1S/C14H22BrN3O2/c1-2-3-7-18-14(19)13(15)12(9-17-18)16-6-8-20-10-11-4-5-11/h9,11,16H,2-8,10H2,1H3. The highest BCUT2D eigenvalue weighted by Gasteiger charge is 2.20. The van der Waals surface area contributed by atoms with Crippen molar-refractivity contribution in [2.45, 2.75) is 39.2 Å². The Morgan fingerprint density at radius 3 is 3.05 bits per heavy atom. The smallest absolute Gasteiger partial charge is 0.283 e. The molecule has 112 valence electrons. The van der Waals surface area contributed by atoms with Crippen molar-refractivity contribution in [3.05, 3.63) is 21.0 Å². The molecule has 2 rings (SSSR count). The summed E-state index contributed by atoms with van der Waals surface area (Å²) < 4.78 is 7.59. The molecule has 1 N–H and O–H groups in total. The van der Waals surface area contributed by atoms with Gasteiger partial charge in [-0.3, -0.25) is 4.79 Å². The fourth-order valence-electron chi connectivity index (χ4n) is 1.85. The minimum absolute atomic E-state index is 0.0812. The van der Waals surface area contributed by atoms with Crippen LogP contribution in [0.2, 0.25) is 0 Å². The minimum atomic E-state index is -0.0812. The summed E-state index contributed by atoms with van der Waals surface area (Å²) in [4.78, 5) is 12.1. The lowest BCUT2D eigenvalue weighted by Crippen LogP contribution is -2.25. The number of nitrogens with zero attached hydrogens (tertiary/aromatic N) is 2. The SMILES string of the molecule is CCCCn1ncc(NCCOCC2CC2)c(Br)c1=O. The first-order valence-corrected chi connectivity index (χ1v) is 8.09. The summed E-state index contributed by atoms with van der Waals surface area (Å²) in [6.45, 7) is 4.96. The molecule has 0 unspecified atom stereocenters. The van der Waals surface area contributed by atoms with Crippen molar-refractivity contribution in [3.8, 4) is 0 Å². The average molecular weight is 344 g/mol. The van der Waals surface area contributed by atoms with E-state index >= 15 is 0 Å². The number of hydrogen-bond donors (Lipinski definition) is 1. The second kappa shape index (κ2) is 7.78. The summed E-state index contributed by atoms with van der Waals surface area (Å²) in [6, 6.07) is 0. The van der Waals surface area contributed by atoms with Crippen LogP contribution in [0.3, 0.4) is 0 Å². The molecule has 0 aromatic carbocycles. The van der Waals surface area contributed by atoms with E-state index in [0.717, 1.165) is 31.1 Å². The van der Waals surface area contributed by atoms with Crippen molar-refractivity contribution in [3.63, 3.8) is 0 Å². The topological polar surface area (TPSA) is 56.1 Å². The normalized spacial score (nSPS) is 14.5. The van der Waals surface area contributed by atoms with E-state index in [4.69, 9.17) is 4.74 Å². The molecule has 20 heavy (non-hydrogen) atoms. The summed E-state index contributed by atoms with van der Waals surface area (Å²) in [5, 5.41) is 7.37. The van der Waals surface area contributed by atoms with Crippen molar-refractivity contribution < 1.29 is 4.74 Å². The van der Waals surface area contributed by atoms with E-state index in [1.54, 1.807) is 6.20 Å². The van der Waals surface area contributed by atoms with Crippen LogP contribution in [0.1, 0.15) is 32.6 Å². The third kappa shape index (κ3) is 4.59. The molecule has 1 aromatic rings. The zero-order valence-corrected chi connectivity index (χ0v) is 13.5. The maximum atomic E-state index is 12.1. The summed E-state index contributed by atoms with van der Waals surface area (Å²) in [5.41, 5.74) is 0.653. The number of ether oxygens (including phenoxy) is 1. The van der Waals surface area contributed by atoms with Gasteiger partial charge in [0.2, 0.25) is 0 Å². The van der Waals surface area contributed by atoms with Gasteiger partial charge in [0.1, 0.15) is 4.47 Å². The van der Waals surface area contributed by atoms with Gasteiger partial charge < -0.3 is 10.1 Å². The first-order chi connectivity index (χ1) is 9.72. The van der Waals surface area contributed by atoms with Crippen LogP contribution >= 0.6 is 15.9 Å². The van der Waals surface area contributed by atoms with Crippen molar-refractivity contribution in [1.82, 2.24) is 9.78 Å². The number of rotatable bonds is 9. The summed E-state index contributed by atoms with van der Waals surface area (Å²) in [7, 11) is 0. The largest absolute Gasteiger partial charge is 0.380 e. The molecule has 6 heteroatoms. The molecular weight excluding hydrogens is 322 g/mol. The van der Waals surface area contributed by atoms with Gasteiger partial charge in [-0.05, 0) is 41.1 Å². The molecule has 0 radical (unpaired) electrons. The molecule has 0 spiro atoms. The highest BCUT2D eigenvalue weighted by Crippen LogP contribution is 2.28. The summed E-state index contributed by atoms with van der Waals surface area (Å²) in [6.07, 6.45) is 6.31. The van der Waals surface area contributed by atoms with Crippen molar-refractivity contribution in [1.29, 1.82) is 0 Å². The van der Waals surface area contributed by atoms with Crippen LogP contribution in [0.5, 0.6) is 0 Å². The van der Waals surface area contributed by atoms with Crippen molar-refractivity contribution in [2.75, 3.05) is 25.1 Å². The van der Waals surface area contributed by atoms with Gasteiger partial charge in [0.05, 0.1) is 18.5 Å². The predicted molar refractivity (Wildman–Crippen MR) is 83.1 cm³/mol.